The average molecular weight is 289 g/mol. The van der Waals surface area contributed by atoms with Crippen molar-refractivity contribution in [3.8, 4) is 0 Å². The molecular formula is C13H21ClN2OS. The first-order valence-electron chi connectivity index (χ1n) is 6.38. The van der Waals surface area contributed by atoms with Gasteiger partial charge >= 0.3 is 0 Å². The molecule has 102 valence electrons. The van der Waals surface area contributed by atoms with Crippen molar-refractivity contribution in [1.29, 1.82) is 0 Å². The first-order chi connectivity index (χ1) is 8.48. The van der Waals surface area contributed by atoms with Gasteiger partial charge in [-0.3, -0.25) is 4.90 Å². The van der Waals surface area contributed by atoms with E-state index in [1.165, 1.54) is 5.01 Å². The Hall–Kier alpha value is -0.160. The summed E-state index contributed by atoms with van der Waals surface area (Å²) in [5.74, 6) is 0.512. The van der Waals surface area contributed by atoms with Gasteiger partial charge in [0.2, 0.25) is 0 Å². The molecule has 1 saturated heterocycles. The minimum atomic E-state index is -0.0398. The average Bonchev–Trinajstić information content (AvgIpc) is 2.71. The van der Waals surface area contributed by atoms with Crippen LogP contribution in [-0.4, -0.2) is 41.2 Å². The van der Waals surface area contributed by atoms with Crippen LogP contribution >= 0.6 is 22.9 Å². The van der Waals surface area contributed by atoms with Gasteiger partial charge in [-0.2, -0.15) is 0 Å². The fraction of sp³-hybridized carbons (Fsp3) is 0.769. The second-order valence-corrected chi connectivity index (χ2v) is 6.75. The molecule has 1 aromatic heterocycles. The summed E-state index contributed by atoms with van der Waals surface area (Å²) in [6.07, 6.45) is 1.31. The molecule has 1 atom stereocenters. The fourth-order valence-corrected chi connectivity index (χ4v) is 3.55. The standard InChI is InChI=1S/C13H21ClN2OS/c1-10-7-16(9-13(2,3)17-10)5-4-12-15-11(6-14)8-18-12/h8,10H,4-7,9H2,1-3H3. The van der Waals surface area contributed by atoms with E-state index in [1.54, 1.807) is 11.3 Å². The summed E-state index contributed by atoms with van der Waals surface area (Å²) < 4.78 is 5.91. The number of ether oxygens (including phenoxy) is 1. The summed E-state index contributed by atoms with van der Waals surface area (Å²) in [6, 6.07) is 0. The molecule has 0 radical (unpaired) electrons. The Bertz CT molecular complexity index is 394. The number of halogens is 1. The highest BCUT2D eigenvalue weighted by atomic mass is 35.5. The SMILES string of the molecule is CC1CN(CCc2nc(CCl)cs2)CC(C)(C)O1. The molecule has 2 heterocycles. The molecule has 0 bridgehead atoms. The molecule has 1 unspecified atom stereocenters. The van der Waals surface area contributed by atoms with Gasteiger partial charge in [0.05, 0.1) is 28.3 Å². The van der Waals surface area contributed by atoms with Gasteiger partial charge in [-0.05, 0) is 20.8 Å². The second-order valence-electron chi connectivity index (χ2n) is 5.54. The number of hydrogen-bond acceptors (Lipinski definition) is 4. The van der Waals surface area contributed by atoms with Gasteiger partial charge in [-0.15, -0.1) is 22.9 Å². The Morgan fingerprint density at radius 1 is 1.61 bits per heavy atom. The Morgan fingerprint density at radius 2 is 2.39 bits per heavy atom. The van der Waals surface area contributed by atoms with Crippen LogP contribution in [0.5, 0.6) is 0 Å². The molecule has 18 heavy (non-hydrogen) atoms. The molecule has 0 aliphatic carbocycles. The smallest absolute Gasteiger partial charge is 0.0941 e. The first-order valence-corrected chi connectivity index (χ1v) is 7.79. The highest BCUT2D eigenvalue weighted by Gasteiger charge is 2.30. The van der Waals surface area contributed by atoms with Crippen LogP contribution in [-0.2, 0) is 17.0 Å². The molecule has 1 aliphatic heterocycles. The van der Waals surface area contributed by atoms with Crippen LogP contribution in [0.2, 0.25) is 0 Å². The normalized spacial score (nSPS) is 24.3. The van der Waals surface area contributed by atoms with Gasteiger partial charge in [-0.25, -0.2) is 4.98 Å². The molecule has 1 aliphatic rings. The Labute approximate surface area is 118 Å². The minimum absolute atomic E-state index is 0.0398. The van der Waals surface area contributed by atoms with Crippen LogP contribution in [0.4, 0.5) is 0 Å². The lowest BCUT2D eigenvalue weighted by Crippen LogP contribution is -2.52. The summed E-state index contributed by atoms with van der Waals surface area (Å²) >= 11 is 7.47. The molecular weight excluding hydrogens is 268 g/mol. The number of nitrogens with zero attached hydrogens (tertiary/aromatic N) is 2. The molecule has 0 aromatic carbocycles. The van der Waals surface area contributed by atoms with Crippen molar-refractivity contribution in [3.05, 3.63) is 16.1 Å². The maximum absolute atomic E-state index is 5.91. The largest absolute Gasteiger partial charge is 0.370 e. The number of hydrogen-bond donors (Lipinski definition) is 0. The molecule has 0 amide bonds. The first kappa shape index (κ1) is 14.3. The van der Waals surface area contributed by atoms with Crippen molar-refractivity contribution in [2.24, 2.45) is 0 Å². The lowest BCUT2D eigenvalue weighted by Gasteiger charge is -2.41. The van der Waals surface area contributed by atoms with Crippen LogP contribution in [0.25, 0.3) is 0 Å². The van der Waals surface area contributed by atoms with E-state index in [2.05, 4.69) is 30.7 Å². The third-order valence-electron chi connectivity index (χ3n) is 3.02. The zero-order valence-electron chi connectivity index (χ0n) is 11.3. The lowest BCUT2D eigenvalue weighted by molar-refractivity contribution is -0.128. The van der Waals surface area contributed by atoms with Crippen molar-refractivity contribution in [2.45, 2.75) is 44.8 Å². The quantitative estimate of drug-likeness (QED) is 0.797. The van der Waals surface area contributed by atoms with Crippen molar-refractivity contribution < 1.29 is 4.74 Å². The Morgan fingerprint density at radius 3 is 3.00 bits per heavy atom. The Kier molecular flexibility index (Phi) is 4.64. The van der Waals surface area contributed by atoms with Gasteiger partial charge in [0.15, 0.2) is 0 Å². The fourth-order valence-electron chi connectivity index (χ4n) is 2.54. The van der Waals surface area contributed by atoms with Crippen molar-refractivity contribution >= 4 is 22.9 Å². The maximum atomic E-state index is 5.91. The Balaban J connectivity index is 1.86. The molecule has 1 aromatic rings. The number of thiazole rings is 1. The molecule has 5 heteroatoms. The summed E-state index contributed by atoms with van der Waals surface area (Å²) in [5, 5.41) is 3.23. The van der Waals surface area contributed by atoms with Gasteiger partial charge in [0.1, 0.15) is 0 Å². The zero-order valence-corrected chi connectivity index (χ0v) is 12.9. The van der Waals surface area contributed by atoms with Crippen LogP contribution < -0.4 is 0 Å². The number of alkyl halides is 1. The van der Waals surface area contributed by atoms with E-state index in [1.807, 2.05) is 5.38 Å². The van der Waals surface area contributed by atoms with Gasteiger partial charge in [0.25, 0.3) is 0 Å². The molecule has 3 nitrogen and oxygen atoms in total. The molecule has 0 N–H and O–H groups in total. The number of rotatable bonds is 4. The van der Waals surface area contributed by atoms with E-state index in [9.17, 15) is 0 Å². The minimum Gasteiger partial charge on any atom is -0.370 e. The zero-order chi connectivity index (χ0) is 13.2. The van der Waals surface area contributed by atoms with Gasteiger partial charge in [0, 0.05) is 31.4 Å². The van der Waals surface area contributed by atoms with E-state index in [0.717, 1.165) is 31.7 Å². The van der Waals surface area contributed by atoms with E-state index >= 15 is 0 Å². The topological polar surface area (TPSA) is 25.4 Å². The summed E-state index contributed by atoms with van der Waals surface area (Å²) in [5.41, 5.74) is 0.953. The summed E-state index contributed by atoms with van der Waals surface area (Å²) in [6.45, 7) is 9.51. The number of aromatic nitrogens is 1. The predicted octanol–water partition coefficient (Wildman–Crippen LogP) is 2.92. The van der Waals surface area contributed by atoms with E-state index in [0.29, 0.717) is 12.0 Å². The lowest BCUT2D eigenvalue weighted by atomic mass is 10.1. The monoisotopic (exact) mass is 288 g/mol. The van der Waals surface area contributed by atoms with E-state index < -0.39 is 0 Å². The summed E-state index contributed by atoms with van der Waals surface area (Å²) in [7, 11) is 0. The predicted molar refractivity (Wildman–Crippen MR) is 76.4 cm³/mol. The van der Waals surface area contributed by atoms with Crippen molar-refractivity contribution in [2.75, 3.05) is 19.6 Å². The second kappa shape index (κ2) is 5.87. The highest BCUT2D eigenvalue weighted by Crippen LogP contribution is 2.21. The summed E-state index contributed by atoms with van der Waals surface area (Å²) in [4.78, 5) is 6.97. The van der Waals surface area contributed by atoms with Crippen LogP contribution in [0.1, 0.15) is 31.5 Å². The van der Waals surface area contributed by atoms with Gasteiger partial charge < -0.3 is 4.74 Å². The number of morpholine rings is 1. The molecule has 0 spiro atoms. The molecule has 1 fully saturated rings. The van der Waals surface area contributed by atoms with Crippen molar-refractivity contribution in [3.63, 3.8) is 0 Å². The molecule has 2 rings (SSSR count). The maximum Gasteiger partial charge on any atom is 0.0941 e. The third-order valence-corrected chi connectivity index (χ3v) is 4.25. The van der Waals surface area contributed by atoms with E-state index in [4.69, 9.17) is 16.3 Å². The van der Waals surface area contributed by atoms with Crippen LogP contribution in [0.15, 0.2) is 5.38 Å². The third kappa shape index (κ3) is 3.92. The van der Waals surface area contributed by atoms with Crippen molar-refractivity contribution in [1.82, 2.24) is 9.88 Å². The van der Waals surface area contributed by atoms with Crippen LogP contribution in [0.3, 0.4) is 0 Å². The molecule has 0 saturated carbocycles. The highest BCUT2D eigenvalue weighted by molar-refractivity contribution is 7.09. The van der Waals surface area contributed by atoms with Gasteiger partial charge in [-0.1, -0.05) is 0 Å². The van der Waals surface area contributed by atoms with E-state index in [-0.39, 0.29) is 5.60 Å². The van der Waals surface area contributed by atoms with Crippen LogP contribution in [0, 0.1) is 0 Å².